The average molecular weight is 388 g/mol. The Kier molecular flexibility index (Phi) is 9.91. The first-order valence-corrected chi connectivity index (χ1v) is 10.8. The molecule has 1 unspecified atom stereocenters. The van der Waals surface area contributed by atoms with E-state index in [0.717, 1.165) is 47.4 Å². The first-order chi connectivity index (χ1) is 13.7. The van der Waals surface area contributed by atoms with Crippen LogP contribution in [0.4, 0.5) is 5.69 Å². The molecule has 1 aromatic heterocycles. The molecule has 0 radical (unpaired) electrons. The zero-order valence-electron chi connectivity index (χ0n) is 17.8. The van der Waals surface area contributed by atoms with Gasteiger partial charge in [0.2, 0.25) is 0 Å². The Hall–Kier alpha value is -2.01. The van der Waals surface area contributed by atoms with Gasteiger partial charge in [0, 0.05) is 23.7 Å². The molecule has 28 heavy (non-hydrogen) atoms. The Bertz CT molecular complexity index is 706. The number of nitrogens with zero attached hydrogens (tertiary/aromatic N) is 1. The average Bonchev–Trinajstić information content (AvgIpc) is 2.72. The van der Waals surface area contributed by atoms with Gasteiger partial charge in [0.1, 0.15) is 0 Å². The van der Waals surface area contributed by atoms with Crippen LogP contribution in [0, 0.1) is 0 Å². The van der Waals surface area contributed by atoms with Crippen molar-refractivity contribution < 1.29 is 9.47 Å². The van der Waals surface area contributed by atoms with Gasteiger partial charge in [0.05, 0.1) is 24.9 Å². The summed E-state index contributed by atoms with van der Waals surface area (Å²) in [7, 11) is 1.69. The third-order valence-corrected chi connectivity index (χ3v) is 5.01. The van der Waals surface area contributed by atoms with Gasteiger partial charge in [-0.3, -0.25) is 4.98 Å². The van der Waals surface area contributed by atoms with Gasteiger partial charge in [-0.15, -0.1) is 0 Å². The molecule has 1 heterocycles. The molecule has 2 aromatic rings. The molecule has 0 saturated heterocycles. The summed E-state index contributed by atoms with van der Waals surface area (Å²) < 4.78 is 11.8. The number of hydrogen-bond acceptors (Lipinski definition) is 5. The van der Waals surface area contributed by atoms with E-state index in [4.69, 9.17) is 15.2 Å². The number of rotatable bonds is 14. The highest BCUT2D eigenvalue weighted by molar-refractivity contribution is 5.97. The SMILES string of the molecule is CCCCCCCCOc1c(OC)cc(NC(C)CCCN)c2ncccc12. The van der Waals surface area contributed by atoms with Crippen LogP contribution < -0.4 is 20.5 Å². The summed E-state index contributed by atoms with van der Waals surface area (Å²) in [6, 6.07) is 6.32. The van der Waals surface area contributed by atoms with E-state index in [-0.39, 0.29) is 0 Å². The fourth-order valence-electron chi connectivity index (χ4n) is 3.43. The first kappa shape index (κ1) is 22.3. The predicted octanol–water partition coefficient (Wildman–Crippen LogP) is 5.52. The number of fused-ring (bicyclic) bond motifs is 1. The van der Waals surface area contributed by atoms with Crippen LogP contribution in [0.5, 0.6) is 11.5 Å². The summed E-state index contributed by atoms with van der Waals surface area (Å²) in [4.78, 5) is 4.61. The van der Waals surface area contributed by atoms with Gasteiger partial charge in [-0.05, 0) is 44.9 Å². The van der Waals surface area contributed by atoms with E-state index in [1.54, 1.807) is 7.11 Å². The number of nitrogens with one attached hydrogen (secondary N) is 1. The second-order valence-electron chi connectivity index (χ2n) is 7.45. The Labute approximate surface area is 170 Å². The van der Waals surface area contributed by atoms with Crippen LogP contribution in [-0.4, -0.2) is 31.3 Å². The lowest BCUT2D eigenvalue weighted by molar-refractivity contribution is 0.288. The number of nitrogens with two attached hydrogens (primary N) is 1. The zero-order chi connectivity index (χ0) is 20.2. The summed E-state index contributed by atoms with van der Waals surface area (Å²) in [5, 5.41) is 4.55. The lowest BCUT2D eigenvalue weighted by Gasteiger charge is -2.20. The van der Waals surface area contributed by atoms with Gasteiger partial charge in [-0.1, -0.05) is 39.0 Å². The Morgan fingerprint density at radius 1 is 1.14 bits per heavy atom. The summed E-state index contributed by atoms with van der Waals surface area (Å²) >= 11 is 0. The first-order valence-electron chi connectivity index (χ1n) is 10.8. The predicted molar refractivity (Wildman–Crippen MR) is 119 cm³/mol. The molecule has 1 atom stereocenters. The normalized spacial score (nSPS) is 12.1. The van der Waals surface area contributed by atoms with Crippen molar-refractivity contribution in [3.63, 3.8) is 0 Å². The second kappa shape index (κ2) is 12.4. The van der Waals surface area contributed by atoms with E-state index < -0.39 is 0 Å². The minimum absolute atomic E-state index is 0.313. The quantitative estimate of drug-likeness (QED) is 0.418. The maximum atomic E-state index is 6.16. The number of ether oxygens (including phenoxy) is 2. The van der Waals surface area contributed by atoms with Crippen LogP contribution in [0.3, 0.4) is 0 Å². The van der Waals surface area contributed by atoms with Gasteiger partial charge in [-0.25, -0.2) is 0 Å². The molecular weight excluding hydrogens is 350 g/mol. The maximum absolute atomic E-state index is 6.16. The van der Waals surface area contributed by atoms with Crippen molar-refractivity contribution >= 4 is 16.6 Å². The van der Waals surface area contributed by atoms with Crippen LogP contribution in [0.25, 0.3) is 10.9 Å². The molecule has 0 aliphatic heterocycles. The Morgan fingerprint density at radius 3 is 2.68 bits per heavy atom. The van der Waals surface area contributed by atoms with Crippen LogP contribution >= 0.6 is 0 Å². The van der Waals surface area contributed by atoms with Crippen LogP contribution in [0.1, 0.15) is 65.2 Å². The molecular formula is C23H37N3O2. The van der Waals surface area contributed by atoms with E-state index in [2.05, 4.69) is 30.2 Å². The molecule has 0 spiro atoms. The van der Waals surface area contributed by atoms with Crippen molar-refractivity contribution in [2.75, 3.05) is 25.6 Å². The van der Waals surface area contributed by atoms with Crippen LogP contribution in [0.15, 0.2) is 24.4 Å². The van der Waals surface area contributed by atoms with Gasteiger partial charge in [0.25, 0.3) is 0 Å². The van der Waals surface area contributed by atoms with Gasteiger partial charge in [-0.2, -0.15) is 0 Å². The van der Waals surface area contributed by atoms with Gasteiger partial charge < -0.3 is 20.5 Å². The number of aromatic nitrogens is 1. The number of anilines is 1. The molecule has 0 aliphatic carbocycles. The summed E-state index contributed by atoms with van der Waals surface area (Å²) in [5.74, 6) is 1.54. The van der Waals surface area contributed by atoms with E-state index in [0.29, 0.717) is 19.2 Å². The summed E-state index contributed by atoms with van der Waals surface area (Å²) in [6.45, 7) is 5.82. The van der Waals surface area contributed by atoms with E-state index in [1.165, 1.54) is 32.1 Å². The molecule has 2 rings (SSSR count). The largest absolute Gasteiger partial charge is 0.493 e. The molecule has 0 saturated carbocycles. The molecule has 0 bridgehead atoms. The molecule has 0 amide bonds. The minimum atomic E-state index is 0.313. The summed E-state index contributed by atoms with van der Waals surface area (Å²) in [6.07, 6.45) is 11.3. The van der Waals surface area contributed by atoms with Crippen LogP contribution in [0.2, 0.25) is 0 Å². The standard InChI is InChI=1S/C23H37N3O2/c1-4-5-6-7-8-9-16-28-23-19-13-11-15-25-22(19)20(17-21(23)27-3)26-18(2)12-10-14-24/h11,13,15,17-18,26H,4-10,12,14,16,24H2,1-3H3. The monoisotopic (exact) mass is 387 g/mol. The fraction of sp³-hybridized carbons (Fsp3) is 0.609. The van der Waals surface area contributed by atoms with Crippen molar-refractivity contribution in [1.29, 1.82) is 0 Å². The van der Waals surface area contributed by atoms with E-state index in [1.807, 2.05) is 18.3 Å². The highest BCUT2D eigenvalue weighted by atomic mass is 16.5. The highest BCUT2D eigenvalue weighted by Gasteiger charge is 2.16. The van der Waals surface area contributed by atoms with E-state index >= 15 is 0 Å². The smallest absolute Gasteiger partial charge is 0.170 e. The maximum Gasteiger partial charge on any atom is 0.170 e. The van der Waals surface area contributed by atoms with E-state index in [9.17, 15) is 0 Å². The number of methoxy groups -OCH3 is 1. The third kappa shape index (κ3) is 6.55. The molecule has 3 N–H and O–H groups in total. The zero-order valence-corrected chi connectivity index (χ0v) is 17.8. The van der Waals surface area contributed by atoms with Crippen molar-refractivity contribution in [3.05, 3.63) is 24.4 Å². The molecule has 0 fully saturated rings. The lowest BCUT2D eigenvalue weighted by Crippen LogP contribution is -2.17. The number of unbranched alkanes of at least 4 members (excludes halogenated alkanes) is 5. The topological polar surface area (TPSA) is 69.4 Å². The second-order valence-corrected chi connectivity index (χ2v) is 7.45. The van der Waals surface area contributed by atoms with Crippen molar-refractivity contribution in [2.45, 2.75) is 71.3 Å². The molecule has 5 heteroatoms. The number of hydrogen-bond donors (Lipinski definition) is 2. The molecule has 5 nitrogen and oxygen atoms in total. The van der Waals surface area contributed by atoms with Crippen molar-refractivity contribution in [1.82, 2.24) is 4.98 Å². The Balaban J connectivity index is 2.12. The fourth-order valence-corrected chi connectivity index (χ4v) is 3.43. The Morgan fingerprint density at radius 2 is 1.93 bits per heavy atom. The number of pyridine rings is 1. The molecule has 156 valence electrons. The molecule has 1 aromatic carbocycles. The number of benzene rings is 1. The van der Waals surface area contributed by atoms with Crippen molar-refractivity contribution in [3.8, 4) is 11.5 Å². The van der Waals surface area contributed by atoms with Gasteiger partial charge in [0.15, 0.2) is 11.5 Å². The van der Waals surface area contributed by atoms with Crippen molar-refractivity contribution in [2.24, 2.45) is 5.73 Å². The highest BCUT2D eigenvalue weighted by Crippen LogP contribution is 2.39. The third-order valence-electron chi connectivity index (χ3n) is 5.01. The minimum Gasteiger partial charge on any atom is -0.493 e. The van der Waals surface area contributed by atoms with Gasteiger partial charge >= 0.3 is 0 Å². The molecule has 0 aliphatic rings. The van der Waals surface area contributed by atoms with Crippen LogP contribution in [-0.2, 0) is 0 Å². The summed E-state index contributed by atoms with van der Waals surface area (Å²) in [5.41, 5.74) is 7.53. The lowest BCUT2D eigenvalue weighted by atomic mass is 10.1.